The van der Waals surface area contributed by atoms with E-state index >= 15 is 0 Å². The smallest absolute Gasteiger partial charge is 0.236 e. The molecular weight excluding hydrogens is 328 g/mol. The third kappa shape index (κ3) is 5.06. The van der Waals surface area contributed by atoms with Gasteiger partial charge in [-0.3, -0.25) is 13.9 Å². The van der Waals surface area contributed by atoms with E-state index in [9.17, 15) is 9.00 Å². The first-order valence-electron chi connectivity index (χ1n) is 6.99. The van der Waals surface area contributed by atoms with Gasteiger partial charge in [0.2, 0.25) is 5.91 Å². The van der Waals surface area contributed by atoms with Crippen molar-refractivity contribution in [3.05, 3.63) is 21.3 Å². The minimum absolute atomic E-state index is 0.105. The number of halogens is 1. The fraction of sp³-hybridized carbons (Fsp3) is 0.643. The van der Waals surface area contributed by atoms with E-state index in [1.165, 1.54) is 11.3 Å². The van der Waals surface area contributed by atoms with Crippen LogP contribution >= 0.6 is 22.9 Å². The summed E-state index contributed by atoms with van der Waals surface area (Å²) in [4.78, 5) is 17.2. The lowest BCUT2D eigenvalue weighted by atomic mass is 10.1. The average molecular weight is 349 g/mol. The lowest BCUT2D eigenvalue weighted by Crippen LogP contribution is -2.43. The molecule has 0 saturated carbocycles. The molecule has 1 fully saturated rings. The van der Waals surface area contributed by atoms with Gasteiger partial charge < -0.3 is 4.90 Å². The van der Waals surface area contributed by atoms with Gasteiger partial charge in [0.05, 0.1) is 17.4 Å². The Kier molecular flexibility index (Phi) is 6.22. The molecule has 0 aromatic carbocycles. The highest BCUT2D eigenvalue weighted by Crippen LogP contribution is 2.22. The van der Waals surface area contributed by atoms with Crippen molar-refractivity contribution < 1.29 is 9.00 Å². The van der Waals surface area contributed by atoms with Gasteiger partial charge in [0.25, 0.3) is 0 Å². The van der Waals surface area contributed by atoms with E-state index in [4.69, 9.17) is 11.6 Å². The Bertz CT molecular complexity index is 511. The summed E-state index contributed by atoms with van der Waals surface area (Å²) in [6.45, 7) is 1.01. The molecule has 0 aliphatic carbocycles. The molecule has 1 saturated heterocycles. The SMILES string of the molecule is CN(Cc1ccc(Cl)s1)C(=O)CN(C)C1CCS(=O)CC1. The van der Waals surface area contributed by atoms with Crippen molar-refractivity contribution in [1.82, 2.24) is 9.80 Å². The second-order valence-electron chi connectivity index (χ2n) is 5.45. The summed E-state index contributed by atoms with van der Waals surface area (Å²) < 4.78 is 12.1. The van der Waals surface area contributed by atoms with Crippen LogP contribution in [0.4, 0.5) is 0 Å². The fourth-order valence-electron chi connectivity index (χ4n) is 2.44. The number of amides is 1. The van der Waals surface area contributed by atoms with Crippen LogP contribution in [-0.2, 0) is 22.1 Å². The highest BCUT2D eigenvalue weighted by atomic mass is 35.5. The molecule has 0 spiro atoms. The van der Waals surface area contributed by atoms with Gasteiger partial charge in [-0.05, 0) is 32.0 Å². The summed E-state index contributed by atoms with van der Waals surface area (Å²) in [7, 11) is 3.14. The van der Waals surface area contributed by atoms with Crippen LogP contribution < -0.4 is 0 Å². The predicted molar refractivity (Wildman–Crippen MR) is 89.3 cm³/mol. The van der Waals surface area contributed by atoms with Gasteiger partial charge >= 0.3 is 0 Å². The quantitative estimate of drug-likeness (QED) is 0.819. The first-order valence-corrected chi connectivity index (χ1v) is 9.67. The van der Waals surface area contributed by atoms with Gasteiger partial charge in [-0.2, -0.15) is 0 Å². The van der Waals surface area contributed by atoms with Crippen molar-refractivity contribution in [2.24, 2.45) is 0 Å². The molecule has 1 aliphatic rings. The zero-order chi connectivity index (χ0) is 15.4. The molecule has 2 rings (SSSR count). The van der Waals surface area contributed by atoms with Crippen LogP contribution in [-0.4, -0.2) is 58.1 Å². The summed E-state index contributed by atoms with van der Waals surface area (Å²) in [6, 6.07) is 4.18. The summed E-state index contributed by atoms with van der Waals surface area (Å²) in [5.41, 5.74) is 0. The fourth-order valence-corrected chi connectivity index (χ4v) is 4.86. The minimum atomic E-state index is -0.656. The summed E-state index contributed by atoms with van der Waals surface area (Å²) in [5.74, 6) is 1.62. The second-order valence-corrected chi connectivity index (χ2v) is 8.95. The summed E-state index contributed by atoms with van der Waals surface area (Å²) in [6.07, 6.45) is 1.83. The second kappa shape index (κ2) is 7.72. The number of carbonyl (C=O) groups excluding carboxylic acids is 1. The normalized spacial score (nSPS) is 22.5. The van der Waals surface area contributed by atoms with E-state index in [1.54, 1.807) is 4.90 Å². The standard InChI is InChI=1S/C14H21ClN2O2S2/c1-16(11-5-7-21(19)8-6-11)10-14(18)17(2)9-12-3-4-13(15)20-12/h3-4,11H,5-10H2,1-2H3. The number of nitrogens with zero attached hydrogens (tertiary/aromatic N) is 2. The lowest BCUT2D eigenvalue weighted by Gasteiger charge is -2.31. The molecule has 1 aliphatic heterocycles. The maximum atomic E-state index is 12.3. The van der Waals surface area contributed by atoms with Crippen molar-refractivity contribution in [2.75, 3.05) is 32.1 Å². The van der Waals surface area contributed by atoms with Crippen LogP contribution in [0.3, 0.4) is 0 Å². The molecule has 1 amide bonds. The number of thiophene rings is 1. The third-order valence-electron chi connectivity index (χ3n) is 3.81. The molecule has 0 bridgehead atoms. The lowest BCUT2D eigenvalue weighted by molar-refractivity contribution is -0.131. The summed E-state index contributed by atoms with van der Waals surface area (Å²) in [5, 5.41) is 0. The maximum absolute atomic E-state index is 12.3. The van der Waals surface area contributed by atoms with Crippen LogP contribution in [0.5, 0.6) is 0 Å². The molecule has 21 heavy (non-hydrogen) atoms. The predicted octanol–water partition coefficient (Wildman–Crippen LogP) is 2.20. The highest BCUT2D eigenvalue weighted by molar-refractivity contribution is 7.85. The molecular formula is C14H21ClN2O2S2. The number of carbonyl (C=O) groups is 1. The third-order valence-corrected chi connectivity index (χ3v) is 6.41. The van der Waals surface area contributed by atoms with Crippen LogP contribution in [0.25, 0.3) is 0 Å². The molecule has 1 aromatic heterocycles. The Morgan fingerprint density at radius 1 is 1.38 bits per heavy atom. The molecule has 1 aromatic rings. The van der Waals surface area contributed by atoms with E-state index < -0.39 is 10.8 Å². The molecule has 0 radical (unpaired) electrons. The summed E-state index contributed by atoms with van der Waals surface area (Å²) >= 11 is 7.41. The highest BCUT2D eigenvalue weighted by Gasteiger charge is 2.23. The van der Waals surface area contributed by atoms with E-state index in [2.05, 4.69) is 4.90 Å². The van der Waals surface area contributed by atoms with Crippen LogP contribution in [0, 0.1) is 0 Å². The van der Waals surface area contributed by atoms with E-state index in [0.29, 0.717) is 19.1 Å². The molecule has 2 heterocycles. The Hall–Kier alpha value is -0.430. The first-order chi connectivity index (χ1) is 9.95. The van der Waals surface area contributed by atoms with Crippen molar-refractivity contribution in [2.45, 2.75) is 25.4 Å². The van der Waals surface area contributed by atoms with E-state index in [1.807, 2.05) is 26.2 Å². The van der Waals surface area contributed by atoms with E-state index in [-0.39, 0.29) is 5.91 Å². The Labute approximate surface area is 137 Å². The zero-order valence-electron chi connectivity index (χ0n) is 12.4. The molecule has 0 atom stereocenters. The Balaban J connectivity index is 1.81. The average Bonchev–Trinajstić information content (AvgIpc) is 2.84. The number of hydrogen-bond donors (Lipinski definition) is 0. The van der Waals surface area contributed by atoms with Crippen molar-refractivity contribution in [1.29, 1.82) is 0 Å². The van der Waals surface area contributed by atoms with Crippen LogP contribution in [0.1, 0.15) is 17.7 Å². The van der Waals surface area contributed by atoms with Crippen molar-refractivity contribution in [3.8, 4) is 0 Å². The van der Waals surface area contributed by atoms with Gasteiger partial charge in [0.1, 0.15) is 0 Å². The van der Waals surface area contributed by atoms with Crippen molar-refractivity contribution >= 4 is 39.6 Å². The molecule has 118 valence electrons. The van der Waals surface area contributed by atoms with Gasteiger partial charge in [-0.15, -0.1) is 11.3 Å². The largest absolute Gasteiger partial charge is 0.340 e. The molecule has 4 nitrogen and oxygen atoms in total. The van der Waals surface area contributed by atoms with Crippen molar-refractivity contribution in [3.63, 3.8) is 0 Å². The van der Waals surface area contributed by atoms with E-state index in [0.717, 1.165) is 33.6 Å². The topological polar surface area (TPSA) is 40.6 Å². The van der Waals surface area contributed by atoms with Crippen LogP contribution in [0.2, 0.25) is 4.34 Å². The van der Waals surface area contributed by atoms with Crippen LogP contribution in [0.15, 0.2) is 12.1 Å². The molecule has 0 N–H and O–H groups in total. The van der Waals surface area contributed by atoms with Gasteiger partial charge in [-0.1, -0.05) is 11.6 Å². The maximum Gasteiger partial charge on any atom is 0.236 e. The first kappa shape index (κ1) is 16.9. The molecule has 0 unspecified atom stereocenters. The molecule has 7 heteroatoms. The zero-order valence-corrected chi connectivity index (χ0v) is 14.8. The van der Waals surface area contributed by atoms with Gasteiger partial charge in [0.15, 0.2) is 0 Å². The Morgan fingerprint density at radius 2 is 2.05 bits per heavy atom. The number of likely N-dealkylation sites (N-methyl/N-ethyl adjacent to an activating group) is 2. The monoisotopic (exact) mass is 348 g/mol. The van der Waals surface area contributed by atoms with Gasteiger partial charge in [-0.25, -0.2) is 0 Å². The number of hydrogen-bond acceptors (Lipinski definition) is 4. The number of rotatable bonds is 5. The Morgan fingerprint density at radius 3 is 2.62 bits per heavy atom. The minimum Gasteiger partial charge on any atom is -0.340 e. The van der Waals surface area contributed by atoms with Gasteiger partial charge in [0, 0.05) is 40.3 Å².